The number of nitrogens with one attached hydrogen (secondary N) is 1. The minimum Gasteiger partial charge on any atom is -0.449 e. The van der Waals surface area contributed by atoms with Gasteiger partial charge < -0.3 is 15.5 Å². The minimum atomic E-state index is -0.170. The third kappa shape index (κ3) is 2.93. The van der Waals surface area contributed by atoms with Crippen molar-refractivity contribution < 1.29 is 9.21 Å². The number of nitrogens with two attached hydrogens (primary N) is 1. The summed E-state index contributed by atoms with van der Waals surface area (Å²) >= 11 is 0. The maximum Gasteiger partial charge on any atom is 0.287 e. The molecule has 0 saturated heterocycles. The Bertz CT molecular complexity index is 650. The Kier molecular flexibility index (Phi) is 3.92. The number of nitrogens with zero attached hydrogens (tertiary/aromatic N) is 1. The number of rotatable bonds is 3. The van der Waals surface area contributed by atoms with Gasteiger partial charge in [-0.15, -0.1) is 0 Å². The quantitative estimate of drug-likeness (QED) is 0.908. The third-order valence-corrected chi connectivity index (χ3v) is 4.27. The first-order valence-corrected chi connectivity index (χ1v) is 7.55. The topological polar surface area (TPSA) is 81.2 Å². The summed E-state index contributed by atoms with van der Waals surface area (Å²) in [5.74, 6) is 0.521. The van der Waals surface area contributed by atoms with Gasteiger partial charge in [0, 0.05) is 17.8 Å². The molecular weight excluding hydrogens is 266 g/mol. The molecule has 0 bridgehead atoms. The standard InChI is InChI=1S/C16H21N3O2/c1-10-6-7-14-13(18-10)8-15(21-14)16(20)19-12-5-3-2-4-11(12)9-17/h6-8,11-12H,2-5,9,17H2,1H3,(H,19,20). The first kappa shape index (κ1) is 14.1. The highest BCUT2D eigenvalue weighted by Crippen LogP contribution is 2.24. The van der Waals surface area contributed by atoms with E-state index in [9.17, 15) is 4.79 Å². The maximum absolute atomic E-state index is 12.4. The molecule has 21 heavy (non-hydrogen) atoms. The zero-order chi connectivity index (χ0) is 14.8. The Morgan fingerprint density at radius 1 is 1.43 bits per heavy atom. The summed E-state index contributed by atoms with van der Waals surface area (Å²) in [5, 5.41) is 3.07. The second kappa shape index (κ2) is 5.85. The SMILES string of the molecule is Cc1ccc2oc(C(=O)NC3CCCCC3CN)cc2n1. The zero-order valence-electron chi connectivity index (χ0n) is 12.3. The van der Waals surface area contributed by atoms with Gasteiger partial charge in [0.05, 0.1) is 0 Å². The number of hydrogen-bond donors (Lipinski definition) is 2. The van der Waals surface area contributed by atoms with Crippen LogP contribution in [0, 0.1) is 12.8 Å². The van der Waals surface area contributed by atoms with Gasteiger partial charge in [-0.2, -0.15) is 0 Å². The van der Waals surface area contributed by atoms with Crippen LogP contribution in [0.25, 0.3) is 11.1 Å². The van der Waals surface area contributed by atoms with Crippen LogP contribution >= 0.6 is 0 Å². The van der Waals surface area contributed by atoms with Gasteiger partial charge in [-0.3, -0.25) is 4.79 Å². The highest BCUT2D eigenvalue weighted by Gasteiger charge is 2.26. The summed E-state index contributed by atoms with van der Waals surface area (Å²) in [6.45, 7) is 2.53. The summed E-state index contributed by atoms with van der Waals surface area (Å²) < 4.78 is 5.59. The monoisotopic (exact) mass is 287 g/mol. The highest BCUT2D eigenvalue weighted by molar-refractivity contribution is 5.95. The van der Waals surface area contributed by atoms with Crippen molar-refractivity contribution >= 4 is 17.0 Å². The molecule has 5 heteroatoms. The molecule has 2 unspecified atom stereocenters. The Hall–Kier alpha value is -1.88. The van der Waals surface area contributed by atoms with Gasteiger partial charge in [0.2, 0.25) is 0 Å². The molecule has 1 saturated carbocycles. The lowest BCUT2D eigenvalue weighted by Gasteiger charge is -2.30. The third-order valence-electron chi connectivity index (χ3n) is 4.27. The summed E-state index contributed by atoms with van der Waals surface area (Å²) in [4.78, 5) is 16.7. The molecule has 2 heterocycles. The molecule has 1 fully saturated rings. The molecule has 1 aliphatic carbocycles. The van der Waals surface area contributed by atoms with Crippen LogP contribution in [0.15, 0.2) is 22.6 Å². The van der Waals surface area contributed by atoms with E-state index in [0.29, 0.717) is 23.8 Å². The molecule has 2 aromatic heterocycles. The fourth-order valence-electron chi connectivity index (χ4n) is 3.06. The molecule has 2 atom stereocenters. The molecule has 0 radical (unpaired) electrons. The number of aryl methyl sites for hydroxylation is 1. The van der Waals surface area contributed by atoms with Gasteiger partial charge in [-0.25, -0.2) is 4.98 Å². The van der Waals surface area contributed by atoms with Gasteiger partial charge in [0.15, 0.2) is 11.3 Å². The fourth-order valence-corrected chi connectivity index (χ4v) is 3.06. The lowest BCUT2D eigenvalue weighted by atomic mass is 9.84. The first-order chi connectivity index (χ1) is 10.2. The van der Waals surface area contributed by atoms with Gasteiger partial charge in [0.25, 0.3) is 5.91 Å². The van der Waals surface area contributed by atoms with Crippen molar-refractivity contribution in [3.05, 3.63) is 29.7 Å². The van der Waals surface area contributed by atoms with E-state index in [1.165, 1.54) is 6.42 Å². The minimum absolute atomic E-state index is 0.152. The van der Waals surface area contributed by atoms with Crippen molar-refractivity contribution in [1.82, 2.24) is 10.3 Å². The van der Waals surface area contributed by atoms with Crippen molar-refractivity contribution in [2.45, 2.75) is 38.6 Å². The van der Waals surface area contributed by atoms with Crippen LogP contribution in [0.2, 0.25) is 0 Å². The summed E-state index contributed by atoms with van der Waals surface area (Å²) in [6.07, 6.45) is 4.41. The average Bonchev–Trinajstić information content (AvgIpc) is 2.91. The highest BCUT2D eigenvalue weighted by atomic mass is 16.3. The van der Waals surface area contributed by atoms with E-state index >= 15 is 0 Å². The second-order valence-electron chi connectivity index (χ2n) is 5.81. The van der Waals surface area contributed by atoms with E-state index in [1.54, 1.807) is 6.07 Å². The van der Waals surface area contributed by atoms with E-state index in [-0.39, 0.29) is 11.9 Å². The van der Waals surface area contributed by atoms with Crippen molar-refractivity contribution in [2.24, 2.45) is 11.7 Å². The van der Waals surface area contributed by atoms with Crippen molar-refractivity contribution in [2.75, 3.05) is 6.54 Å². The van der Waals surface area contributed by atoms with E-state index in [0.717, 1.165) is 30.5 Å². The number of fused-ring (bicyclic) bond motifs is 1. The molecule has 1 amide bonds. The van der Waals surface area contributed by atoms with Gasteiger partial charge in [0.1, 0.15) is 5.52 Å². The van der Waals surface area contributed by atoms with Crippen LogP contribution in [-0.2, 0) is 0 Å². The number of furan rings is 1. The second-order valence-corrected chi connectivity index (χ2v) is 5.81. The van der Waals surface area contributed by atoms with Crippen LogP contribution in [0.1, 0.15) is 41.9 Å². The lowest BCUT2D eigenvalue weighted by molar-refractivity contribution is 0.0882. The molecule has 1 aliphatic rings. The number of pyridine rings is 1. The number of carbonyl (C=O) groups is 1. The van der Waals surface area contributed by atoms with Gasteiger partial charge in [-0.1, -0.05) is 12.8 Å². The molecule has 3 rings (SSSR count). The van der Waals surface area contributed by atoms with Gasteiger partial charge in [-0.05, 0) is 44.4 Å². The van der Waals surface area contributed by atoms with Crippen LogP contribution in [0.4, 0.5) is 0 Å². The van der Waals surface area contributed by atoms with Crippen molar-refractivity contribution in [3.8, 4) is 0 Å². The Labute approximate surface area is 123 Å². The van der Waals surface area contributed by atoms with Crippen LogP contribution in [-0.4, -0.2) is 23.5 Å². The summed E-state index contributed by atoms with van der Waals surface area (Å²) in [6, 6.07) is 5.58. The summed E-state index contributed by atoms with van der Waals surface area (Å²) in [7, 11) is 0. The van der Waals surface area contributed by atoms with Gasteiger partial charge >= 0.3 is 0 Å². The first-order valence-electron chi connectivity index (χ1n) is 7.55. The van der Waals surface area contributed by atoms with Crippen LogP contribution in [0.3, 0.4) is 0 Å². The number of amides is 1. The number of carbonyl (C=O) groups excluding carboxylic acids is 1. The fraction of sp³-hybridized carbons (Fsp3) is 0.500. The zero-order valence-corrected chi connectivity index (χ0v) is 12.3. The molecule has 2 aromatic rings. The van der Waals surface area contributed by atoms with Crippen LogP contribution in [0.5, 0.6) is 0 Å². The van der Waals surface area contributed by atoms with E-state index in [1.807, 2.05) is 19.1 Å². The average molecular weight is 287 g/mol. The maximum atomic E-state index is 12.4. The molecule has 0 spiro atoms. The molecule has 3 N–H and O–H groups in total. The Morgan fingerprint density at radius 3 is 3.05 bits per heavy atom. The van der Waals surface area contributed by atoms with Crippen molar-refractivity contribution in [3.63, 3.8) is 0 Å². The predicted molar refractivity (Wildman–Crippen MR) is 81.0 cm³/mol. The predicted octanol–water partition coefficient (Wildman–Crippen LogP) is 2.38. The lowest BCUT2D eigenvalue weighted by Crippen LogP contribution is -2.44. The Morgan fingerprint density at radius 2 is 2.24 bits per heavy atom. The molecule has 0 aromatic carbocycles. The molecule has 5 nitrogen and oxygen atoms in total. The molecule has 0 aliphatic heterocycles. The van der Waals surface area contributed by atoms with E-state index in [4.69, 9.17) is 10.2 Å². The summed E-state index contributed by atoms with van der Waals surface area (Å²) in [5.41, 5.74) is 8.07. The van der Waals surface area contributed by atoms with Crippen LogP contribution < -0.4 is 11.1 Å². The van der Waals surface area contributed by atoms with E-state index < -0.39 is 0 Å². The largest absolute Gasteiger partial charge is 0.449 e. The van der Waals surface area contributed by atoms with E-state index in [2.05, 4.69) is 10.3 Å². The Balaban J connectivity index is 1.77. The number of hydrogen-bond acceptors (Lipinski definition) is 4. The smallest absolute Gasteiger partial charge is 0.287 e. The van der Waals surface area contributed by atoms with Crippen molar-refractivity contribution in [1.29, 1.82) is 0 Å². The molecular formula is C16H21N3O2. The molecule has 112 valence electrons. The normalized spacial score (nSPS) is 22.4. The number of aromatic nitrogens is 1.